The van der Waals surface area contributed by atoms with Gasteiger partial charge in [-0.05, 0) is 48.4 Å². The van der Waals surface area contributed by atoms with Crippen molar-refractivity contribution in [3.63, 3.8) is 0 Å². The first-order chi connectivity index (χ1) is 12.2. The van der Waals surface area contributed by atoms with Crippen molar-refractivity contribution in [3.8, 4) is 0 Å². The fraction of sp³-hybridized carbons (Fsp3) is 0.105. The Hall–Kier alpha value is -3.41. The van der Waals surface area contributed by atoms with Gasteiger partial charge in [0.25, 0.3) is 11.8 Å². The van der Waals surface area contributed by atoms with E-state index in [1.54, 1.807) is 41.6 Å². The number of rotatable bonds is 3. The predicted octanol–water partition coefficient (Wildman–Crippen LogP) is 3.13. The molecule has 0 radical (unpaired) electrons. The number of nitrogens with one attached hydrogen (secondary N) is 1. The number of carbonyl (C=O) groups excluding carboxylic acids is 2. The summed E-state index contributed by atoms with van der Waals surface area (Å²) in [7, 11) is 0. The summed E-state index contributed by atoms with van der Waals surface area (Å²) in [4.78, 5) is 30.5. The van der Waals surface area contributed by atoms with Crippen LogP contribution < -0.4 is 10.2 Å². The number of aromatic nitrogens is 1. The number of fused-ring (bicyclic) bond motifs is 1. The summed E-state index contributed by atoms with van der Waals surface area (Å²) in [5, 5.41) is 2.79. The summed E-state index contributed by atoms with van der Waals surface area (Å²) in [5.74, 6) is -0.157. The standard InChI is InChI=1S/C19H15N3O3/c23-18(17-2-1-11-25-17)21-15-4-3-13-7-10-22(16(13)12-15)19(24)14-5-8-20-9-6-14/h1-6,8-9,11-12H,7,10H2,(H,21,23). The molecule has 6 heteroatoms. The van der Waals surface area contributed by atoms with Crippen molar-refractivity contribution in [2.75, 3.05) is 16.8 Å². The van der Waals surface area contributed by atoms with Crippen LogP contribution in [0.1, 0.15) is 26.5 Å². The smallest absolute Gasteiger partial charge is 0.291 e. The summed E-state index contributed by atoms with van der Waals surface area (Å²) in [6.07, 6.45) is 5.44. The van der Waals surface area contributed by atoms with E-state index in [2.05, 4.69) is 10.3 Å². The minimum Gasteiger partial charge on any atom is -0.459 e. The van der Waals surface area contributed by atoms with Crippen molar-refractivity contribution in [1.29, 1.82) is 0 Å². The second kappa shape index (κ2) is 6.24. The van der Waals surface area contributed by atoms with Gasteiger partial charge in [-0.15, -0.1) is 0 Å². The Balaban J connectivity index is 1.59. The van der Waals surface area contributed by atoms with E-state index in [1.807, 2.05) is 18.2 Å². The second-order valence-corrected chi connectivity index (χ2v) is 5.72. The van der Waals surface area contributed by atoms with Gasteiger partial charge >= 0.3 is 0 Å². The molecule has 4 rings (SSSR count). The summed E-state index contributed by atoms with van der Waals surface area (Å²) < 4.78 is 5.09. The van der Waals surface area contributed by atoms with Gasteiger partial charge < -0.3 is 14.6 Å². The van der Waals surface area contributed by atoms with Gasteiger partial charge in [0, 0.05) is 35.9 Å². The number of carbonyl (C=O) groups is 2. The van der Waals surface area contributed by atoms with Gasteiger partial charge in [-0.1, -0.05) is 6.07 Å². The maximum Gasteiger partial charge on any atom is 0.291 e. The molecule has 2 aromatic heterocycles. The minimum absolute atomic E-state index is 0.0735. The average Bonchev–Trinajstić information content (AvgIpc) is 3.31. The maximum atomic E-state index is 12.7. The highest BCUT2D eigenvalue weighted by molar-refractivity contribution is 6.08. The fourth-order valence-electron chi connectivity index (χ4n) is 2.92. The van der Waals surface area contributed by atoms with E-state index in [1.165, 1.54) is 6.26 Å². The molecule has 1 aromatic carbocycles. The minimum atomic E-state index is -0.324. The van der Waals surface area contributed by atoms with Crippen molar-refractivity contribution in [2.45, 2.75) is 6.42 Å². The maximum absolute atomic E-state index is 12.7. The molecule has 3 aromatic rings. The Bertz CT molecular complexity index is 920. The molecule has 0 aliphatic carbocycles. The third-order valence-electron chi connectivity index (χ3n) is 4.16. The first-order valence-electron chi connectivity index (χ1n) is 7.92. The molecular weight excluding hydrogens is 318 g/mol. The quantitative estimate of drug-likeness (QED) is 0.799. The molecule has 1 N–H and O–H groups in total. The molecule has 0 saturated heterocycles. The highest BCUT2D eigenvalue weighted by Crippen LogP contribution is 2.32. The molecule has 0 unspecified atom stereocenters. The molecular formula is C19H15N3O3. The van der Waals surface area contributed by atoms with Crippen LogP contribution in [-0.2, 0) is 6.42 Å². The van der Waals surface area contributed by atoms with Gasteiger partial charge in [0.1, 0.15) is 0 Å². The molecule has 0 bridgehead atoms. The SMILES string of the molecule is O=C(Nc1ccc2c(c1)N(C(=O)c1ccncc1)CC2)c1ccco1. The van der Waals surface area contributed by atoms with E-state index < -0.39 is 0 Å². The molecule has 25 heavy (non-hydrogen) atoms. The van der Waals surface area contributed by atoms with Crippen molar-refractivity contribution in [1.82, 2.24) is 4.98 Å². The van der Waals surface area contributed by atoms with Crippen LogP contribution in [-0.4, -0.2) is 23.3 Å². The van der Waals surface area contributed by atoms with Crippen LogP contribution in [0.5, 0.6) is 0 Å². The van der Waals surface area contributed by atoms with Gasteiger partial charge in [0.2, 0.25) is 0 Å². The van der Waals surface area contributed by atoms with Crippen LogP contribution in [0.15, 0.2) is 65.5 Å². The number of hydrogen-bond donors (Lipinski definition) is 1. The van der Waals surface area contributed by atoms with E-state index in [-0.39, 0.29) is 17.6 Å². The number of hydrogen-bond acceptors (Lipinski definition) is 4. The molecule has 2 amide bonds. The van der Waals surface area contributed by atoms with Gasteiger partial charge in [-0.2, -0.15) is 0 Å². The zero-order valence-corrected chi connectivity index (χ0v) is 13.3. The van der Waals surface area contributed by atoms with E-state index >= 15 is 0 Å². The first-order valence-corrected chi connectivity index (χ1v) is 7.92. The van der Waals surface area contributed by atoms with Crippen LogP contribution in [0.4, 0.5) is 11.4 Å². The number of pyridine rings is 1. The van der Waals surface area contributed by atoms with Crippen LogP contribution in [0.25, 0.3) is 0 Å². The van der Waals surface area contributed by atoms with E-state index in [4.69, 9.17) is 4.42 Å². The number of benzene rings is 1. The highest BCUT2D eigenvalue weighted by atomic mass is 16.3. The van der Waals surface area contributed by atoms with E-state index in [0.717, 1.165) is 17.7 Å². The largest absolute Gasteiger partial charge is 0.459 e. The van der Waals surface area contributed by atoms with Crippen LogP contribution in [0.2, 0.25) is 0 Å². The van der Waals surface area contributed by atoms with E-state index in [0.29, 0.717) is 17.8 Å². The summed E-state index contributed by atoms with van der Waals surface area (Å²) in [6, 6.07) is 12.2. The Morgan fingerprint density at radius 3 is 2.72 bits per heavy atom. The second-order valence-electron chi connectivity index (χ2n) is 5.72. The van der Waals surface area contributed by atoms with Crippen LogP contribution in [0, 0.1) is 0 Å². The number of furan rings is 1. The lowest BCUT2D eigenvalue weighted by Crippen LogP contribution is -2.28. The number of nitrogens with zero attached hydrogens (tertiary/aromatic N) is 2. The third-order valence-corrected chi connectivity index (χ3v) is 4.16. The average molecular weight is 333 g/mol. The van der Waals surface area contributed by atoms with E-state index in [9.17, 15) is 9.59 Å². The molecule has 6 nitrogen and oxygen atoms in total. The normalized spacial score (nSPS) is 12.7. The Kier molecular flexibility index (Phi) is 3.78. The zero-order chi connectivity index (χ0) is 17.2. The predicted molar refractivity (Wildman–Crippen MR) is 92.7 cm³/mol. The number of anilines is 2. The lowest BCUT2D eigenvalue weighted by Gasteiger charge is -2.18. The third kappa shape index (κ3) is 2.89. The van der Waals surface area contributed by atoms with Gasteiger partial charge in [-0.25, -0.2) is 0 Å². The van der Waals surface area contributed by atoms with Crippen molar-refractivity contribution >= 4 is 23.2 Å². The van der Waals surface area contributed by atoms with Crippen molar-refractivity contribution in [2.24, 2.45) is 0 Å². The molecule has 3 heterocycles. The van der Waals surface area contributed by atoms with Crippen molar-refractivity contribution < 1.29 is 14.0 Å². The zero-order valence-electron chi connectivity index (χ0n) is 13.3. The lowest BCUT2D eigenvalue weighted by molar-refractivity contribution is 0.0985. The fourth-order valence-corrected chi connectivity index (χ4v) is 2.92. The van der Waals surface area contributed by atoms with Crippen LogP contribution >= 0.6 is 0 Å². The molecule has 0 atom stereocenters. The molecule has 124 valence electrons. The van der Waals surface area contributed by atoms with Gasteiger partial charge in [-0.3, -0.25) is 14.6 Å². The first kappa shape index (κ1) is 15.1. The molecule has 0 spiro atoms. The molecule has 0 saturated carbocycles. The Morgan fingerprint density at radius 2 is 1.96 bits per heavy atom. The summed E-state index contributed by atoms with van der Waals surface area (Å²) in [6.45, 7) is 0.617. The molecule has 1 aliphatic heterocycles. The monoisotopic (exact) mass is 333 g/mol. The molecule has 1 aliphatic rings. The van der Waals surface area contributed by atoms with Gasteiger partial charge in [0.15, 0.2) is 5.76 Å². The van der Waals surface area contributed by atoms with Crippen LogP contribution in [0.3, 0.4) is 0 Å². The van der Waals surface area contributed by atoms with Gasteiger partial charge in [0.05, 0.1) is 6.26 Å². The Labute approximate surface area is 144 Å². The Morgan fingerprint density at radius 1 is 1.12 bits per heavy atom. The topological polar surface area (TPSA) is 75.4 Å². The lowest BCUT2D eigenvalue weighted by atomic mass is 10.1. The number of amides is 2. The summed E-state index contributed by atoms with van der Waals surface area (Å²) >= 11 is 0. The summed E-state index contributed by atoms with van der Waals surface area (Å²) in [5.41, 5.74) is 3.11. The molecule has 0 fully saturated rings. The van der Waals surface area contributed by atoms with Crippen molar-refractivity contribution in [3.05, 3.63) is 78.0 Å². The highest BCUT2D eigenvalue weighted by Gasteiger charge is 2.26.